The predicted octanol–water partition coefficient (Wildman–Crippen LogP) is 0.606. The van der Waals surface area contributed by atoms with E-state index in [0.717, 1.165) is 30.9 Å². The van der Waals surface area contributed by atoms with E-state index in [1.54, 1.807) is 0 Å². The molecule has 2 rings (SSSR count). The van der Waals surface area contributed by atoms with E-state index in [2.05, 4.69) is 4.90 Å². The predicted molar refractivity (Wildman–Crippen MR) is 77.7 cm³/mol. The third-order valence-corrected chi connectivity index (χ3v) is 3.63. The first kappa shape index (κ1) is 15.3. The van der Waals surface area contributed by atoms with Gasteiger partial charge in [-0.15, -0.1) is 0 Å². The fourth-order valence-corrected chi connectivity index (χ4v) is 2.32. The Labute approximate surface area is 120 Å². The van der Waals surface area contributed by atoms with Gasteiger partial charge in [0.25, 0.3) is 0 Å². The highest BCUT2D eigenvalue weighted by Gasteiger charge is 2.22. The van der Waals surface area contributed by atoms with Crippen molar-refractivity contribution in [3.8, 4) is 5.75 Å². The molecule has 0 amide bonds. The Morgan fingerprint density at radius 2 is 2.20 bits per heavy atom. The maximum Gasteiger partial charge on any atom is 0.119 e. The molecule has 5 nitrogen and oxygen atoms in total. The molecule has 2 unspecified atom stereocenters. The summed E-state index contributed by atoms with van der Waals surface area (Å²) in [6.45, 7) is 2.98. The number of hydrogen-bond acceptors (Lipinski definition) is 5. The molecule has 1 aromatic rings. The van der Waals surface area contributed by atoms with E-state index in [9.17, 15) is 5.11 Å². The molecule has 1 saturated heterocycles. The van der Waals surface area contributed by atoms with E-state index < -0.39 is 6.10 Å². The first-order valence-electron chi connectivity index (χ1n) is 7.07. The zero-order chi connectivity index (χ0) is 14.4. The van der Waals surface area contributed by atoms with Gasteiger partial charge < -0.3 is 20.3 Å². The van der Waals surface area contributed by atoms with Gasteiger partial charge in [-0.2, -0.15) is 0 Å². The minimum atomic E-state index is -0.505. The summed E-state index contributed by atoms with van der Waals surface area (Å²) in [5, 5.41) is 10.0. The summed E-state index contributed by atoms with van der Waals surface area (Å²) in [5.74, 6) is 0.758. The van der Waals surface area contributed by atoms with E-state index in [0.29, 0.717) is 25.7 Å². The van der Waals surface area contributed by atoms with Crippen LogP contribution in [0.2, 0.25) is 0 Å². The van der Waals surface area contributed by atoms with Crippen LogP contribution in [0.5, 0.6) is 5.75 Å². The zero-order valence-corrected chi connectivity index (χ0v) is 12.0. The van der Waals surface area contributed by atoms with Gasteiger partial charge in [-0.05, 0) is 31.2 Å². The third-order valence-electron chi connectivity index (χ3n) is 3.63. The Morgan fingerprint density at radius 3 is 2.80 bits per heavy atom. The highest BCUT2D eigenvalue weighted by molar-refractivity contribution is 5.27. The van der Waals surface area contributed by atoms with Crippen molar-refractivity contribution in [1.82, 2.24) is 4.90 Å². The molecule has 0 aliphatic carbocycles. The lowest BCUT2D eigenvalue weighted by molar-refractivity contribution is 0.0597. The van der Waals surface area contributed by atoms with Gasteiger partial charge in [0.2, 0.25) is 0 Å². The second-order valence-electron chi connectivity index (χ2n) is 5.27. The number of nitrogens with two attached hydrogens (primary N) is 1. The van der Waals surface area contributed by atoms with Crippen LogP contribution in [0, 0.1) is 0 Å². The molecule has 0 bridgehead atoms. The quantitative estimate of drug-likeness (QED) is 0.766. The maximum atomic E-state index is 10.0. The van der Waals surface area contributed by atoms with Crippen LogP contribution in [0.15, 0.2) is 24.3 Å². The van der Waals surface area contributed by atoms with Crippen molar-refractivity contribution in [2.75, 3.05) is 33.4 Å². The number of aliphatic hydroxyl groups excluding tert-OH is 1. The van der Waals surface area contributed by atoms with E-state index in [4.69, 9.17) is 15.2 Å². The van der Waals surface area contributed by atoms with Crippen molar-refractivity contribution < 1.29 is 14.6 Å². The molecule has 0 radical (unpaired) electrons. The number of rotatable bonds is 7. The van der Waals surface area contributed by atoms with Crippen molar-refractivity contribution >= 4 is 0 Å². The second-order valence-corrected chi connectivity index (χ2v) is 5.27. The van der Waals surface area contributed by atoms with E-state index in [-0.39, 0.29) is 0 Å². The Balaban J connectivity index is 1.72. The Bertz CT molecular complexity index is 391. The highest BCUT2D eigenvalue weighted by atomic mass is 16.5. The fourth-order valence-electron chi connectivity index (χ4n) is 2.32. The lowest BCUT2D eigenvalue weighted by Gasteiger charge is -2.25. The molecule has 2 atom stereocenters. The third kappa shape index (κ3) is 4.45. The van der Waals surface area contributed by atoms with Crippen LogP contribution < -0.4 is 10.5 Å². The van der Waals surface area contributed by atoms with Gasteiger partial charge in [0.15, 0.2) is 0 Å². The Kier molecular flexibility index (Phi) is 5.79. The maximum absolute atomic E-state index is 10.0. The van der Waals surface area contributed by atoms with Gasteiger partial charge in [0.05, 0.1) is 6.61 Å². The molecular formula is C15H24N2O3. The van der Waals surface area contributed by atoms with Crippen LogP contribution in [0.4, 0.5) is 0 Å². The number of nitrogens with zero attached hydrogens (tertiary/aromatic N) is 1. The number of benzene rings is 1. The molecular weight excluding hydrogens is 256 g/mol. The van der Waals surface area contributed by atoms with Crippen LogP contribution in [-0.2, 0) is 11.3 Å². The smallest absolute Gasteiger partial charge is 0.119 e. The average Bonchev–Trinajstić information content (AvgIpc) is 3.00. The molecule has 1 fully saturated rings. The molecule has 0 aromatic heterocycles. The van der Waals surface area contributed by atoms with Crippen LogP contribution in [-0.4, -0.2) is 55.6 Å². The van der Waals surface area contributed by atoms with E-state index >= 15 is 0 Å². The minimum Gasteiger partial charge on any atom is -0.491 e. The van der Waals surface area contributed by atoms with Crippen molar-refractivity contribution in [3.05, 3.63) is 29.8 Å². The summed E-state index contributed by atoms with van der Waals surface area (Å²) in [6.07, 6.45) is 0.528. The topological polar surface area (TPSA) is 68.0 Å². The molecule has 0 spiro atoms. The van der Waals surface area contributed by atoms with Crippen molar-refractivity contribution in [1.29, 1.82) is 0 Å². The molecule has 0 saturated carbocycles. The standard InChI is InChI=1S/C15H24N2O3/c1-17(13-6-7-19-10-13)9-14(18)11-20-15-4-2-12(8-16)3-5-15/h2-5,13-14,18H,6-11,16H2,1H3. The number of likely N-dealkylation sites (N-methyl/N-ethyl adjacent to an activating group) is 1. The Morgan fingerprint density at radius 1 is 1.45 bits per heavy atom. The van der Waals surface area contributed by atoms with Crippen LogP contribution in [0.1, 0.15) is 12.0 Å². The largest absolute Gasteiger partial charge is 0.491 e. The van der Waals surface area contributed by atoms with E-state index in [1.807, 2.05) is 31.3 Å². The monoisotopic (exact) mass is 280 g/mol. The van der Waals surface area contributed by atoms with Gasteiger partial charge in [0, 0.05) is 25.7 Å². The lowest BCUT2D eigenvalue weighted by atomic mass is 10.2. The molecule has 3 N–H and O–H groups in total. The van der Waals surface area contributed by atoms with Gasteiger partial charge >= 0.3 is 0 Å². The summed E-state index contributed by atoms with van der Waals surface area (Å²) in [4.78, 5) is 2.14. The lowest BCUT2D eigenvalue weighted by Crippen LogP contribution is -2.39. The van der Waals surface area contributed by atoms with E-state index in [1.165, 1.54) is 0 Å². The molecule has 112 valence electrons. The number of aliphatic hydroxyl groups is 1. The Hall–Kier alpha value is -1.14. The minimum absolute atomic E-state index is 0.292. The molecule has 5 heteroatoms. The number of hydrogen-bond donors (Lipinski definition) is 2. The molecule has 20 heavy (non-hydrogen) atoms. The van der Waals surface area contributed by atoms with Crippen LogP contribution in [0.3, 0.4) is 0 Å². The normalized spacial score (nSPS) is 20.3. The van der Waals surface area contributed by atoms with Crippen molar-refractivity contribution in [2.24, 2.45) is 5.73 Å². The summed E-state index contributed by atoms with van der Waals surface area (Å²) in [7, 11) is 2.01. The molecule has 1 aliphatic heterocycles. The van der Waals surface area contributed by atoms with Gasteiger partial charge in [0.1, 0.15) is 18.5 Å². The highest BCUT2D eigenvalue weighted by Crippen LogP contribution is 2.13. The van der Waals surface area contributed by atoms with Gasteiger partial charge in [-0.1, -0.05) is 12.1 Å². The second kappa shape index (κ2) is 7.59. The van der Waals surface area contributed by atoms with Gasteiger partial charge in [-0.25, -0.2) is 0 Å². The van der Waals surface area contributed by atoms with Crippen molar-refractivity contribution in [2.45, 2.75) is 25.1 Å². The summed E-state index contributed by atoms with van der Waals surface area (Å²) < 4.78 is 10.9. The average molecular weight is 280 g/mol. The van der Waals surface area contributed by atoms with Crippen LogP contribution in [0.25, 0.3) is 0 Å². The summed E-state index contributed by atoms with van der Waals surface area (Å²) >= 11 is 0. The first-order chi connectivity index (χ1) is 9.69. The molecule has 1 aromatic carbocycles. The SMILES string of the molecule is CN(CC(O)COc1ccc(CN)cc1)C1CCOC1. The fraction of sp³-hybridized carbons (Fsp3) is 0.600. The first-order valence-corrected chi connectivity index (χ1v) is 7.07. The molecule has 1 heterocycles. The summed E-state index contributed by atoms with van der Waals surface area (Å²) in [6, 6.07) is 8.04. The summed E-state index contributed by atoms with van der Waals surface area (Å²) in [5.41, 5.74) is 6.61. The van der Waals surface area contributed by atoms with Crippen molar-refractivity contribution in [3.63, 3.8) is 0 Å². The van der Waals surface area contributed by atoms with Crippen LogP contribution >= 0.6 is 0 Å². The number of ether oxygens (including phenoxy) is 2. The zero-order valence-electron chi connectivity index (χ0n) is 12.0. The van der Waals surface area contributed by atoms with Gasteiger partial charge in [-0.3, -0.25) is 4.90 Å². The molecule has 1 aliphatic rings.